The van der Waals surface area contributed by atoms with Gasteiger partial charge in [0.05, 0.1) is 13.2 Å². The van der Waals surface area contributed by atoms with Crippen molar-refractivity contribution in [2.45, 2.75) is 71.9 Å². The van der Waals surface area contributed by atoms with Crippen molar-refractivity contribution in [3.8, 4) is 11.1 Å². The molecule has 2 unspecified atom stereocenters. The molecule has 0 saturated heterocycles. The first-order chi connectivity index (χ1) is 23.9. The number of halogens is 1. The molecule has 0 fully saturated rings. The minimum atomic E-state index is -1.11. The zero-order valence-electron chi connectivity index (χ0n) is 27.9. The van der Waals surface area contributed by atoms with E-state index in [1.807, 2.05) is 43.3 Å². The van der Waals surface area contributed by atoms with Gasteiger partial charge in [-0.3, -0.25) is 4.79 Å². The second-order valence-electron chi connectivity index (χ2n) is 10.7. The molecule has 0 radical (unpaired) electrons. The van der Waals surface area contributed by atoms with Crippen molar-refractivity contribution >= 4 is 36.0 Å². The Morgan fingerprint density at radius 3 is 2.48 bits per heavy atom. The van der Waals surface area contributed by atoms with Crippen molar-refractivity contribution in [3.63, 3.8) is 0 Å². The van der Waals surface area contributed by atoms with Crippen LogP contribution in [-0.4, -0.2) is 69.9 Å². The molecular weight excluding hydrogens is 678 g/mol. The lowest BCUT2D eigenvalue weighted by Crippen LogP contribution is -2.40. The number of hydrazone groups is 1. The van der Waals surface area contributed by atoms with Crippen molar-refractivity contribution in [2.24, 2.45) is 16.7 Å². The first-order valence-corrected chi connectivity index (χ1v) is 16.0. The summed E-state index contributed by atoms with van der Waals surface area (Å²) >= 11 is 6.40. The second kappa shape index (κ2) is 19.5. The summed E-state index contributed by atoms with van der Waals surface area (Å²) in [4.78, 5) is 54.5. The Labute approximate surface area is 293 Å². The van der Waals surface area contributed by atoms with Crippen LogP contribution in [0.2, 0.25) is 5.15 Å². The first-order valence-electron chi connectivity index (χ1n) is 15.7. The lowest BCUT2D eigenvalue weighted by molar-refractivity contribution is -0.757. The molecule has 0 bridgehead atoms. The third-order valence-corrected chi connectivity index (χ3v) is 7.36. The van der Waals surface area contributed by atoms with E-state index in [0.29, 0.717) is 30.7 Å². The van der Waals surface area contributed by atoms with Crippen LogP contribution in [0.3, 0.4) is 0 Å². The van der Waals surface area contributed by atoms with Gasteiger partial charge >= 0.3 is 12.1 Å². The van der Waals surface area contributed by atoms with E-state index in [-0.39, 0.29) is 42.9 Å². The monoisotopic (exact) mass is 717 g/mol. The number of benzene rings is 2. The Balaban J connectivity index is 1.73. The lowest BCUT2D eigenvalue weighted by Gasteiger charge is -2.21. The number of amidine groups is 1. The van der Waals surface area contributed by atoms with Gasteiger partial charge in [0.1, 0.15) is 5.82 Å². The van der Waals surface area contributed by atoms with E-state index in [1.165, 1.54) is 13.8 Å². The van der Waals surface area contributed by atoms with Crippen molar-refractivity contribution in [3.05, 3.63) is 86.4 Å². The molecule has 0 amide bonds. The van der Waals surface area contributed by atoms with E-state index < -0.39 is 29.7 Å². The molecule has 17 nitrogen and oxygen atoms in total. The molecule has 0 saturated carbocycles. The van der Waals surface area contributed by atoms with Gasteiger partial charge < -0.3 is 34.1 Å². The van der Waals surface area contributed by atoms with E-state index in [4.69, 9.17) is 42.1 Å². The average Bonchev–Trinajstić information content (AvgIpc) is 3.39. The fourth-order valence-corrected chi connectivity index (χ4v) is 4.86. The van der Waals surface area contributed by atoms with Gasteiger partial charge in [-0.25, -0.2) is 20.4 Å². The Kier molecular flexibility index (Phi) is 15.3. The zero-order valence-corrected chi connectivity index (χ0v) is 28.6. The summed E-state index contributed by atoms with van der Waals surface area (Å²) in [5, 5.41) is 14.3. The largest absolute Gasteiger partial charge is 0.510 e. The van der Waals surface area contributed by atoms with Crippen LogP contribution in [0.5, 0.6) is 0 Å². The van der Waals surface area contributed by atoms with Gasteiger partial charge in [0, 0.05) is 25.5 Å². The third-order valence-electron chi connectivity index (χ3n) is 7.10. The highest BCUT2D eigenvalue weighted by Crippen LogP contribution is 2.26. The molecule has 3 rings (SSSR count). The quantitative estimate of drug-likeness (QED) is 0.0188. The standard InChI is InChI=1S/C32H40ClN7O10/c1-4-5-12-27-36-29(33)28(31(42)50-22(3)47-20-41)38(27)19-23-13-15-24(16-14-23)25-10-6-7-11-26(25)30(34)37-39(35)21(2)49-32(43)46-17-8-9-18-48-40(44)45/h6-7,10-11,13-16,20-22H,4-5,8-9,12,17-19,35H2,1-3H3,(H2,34,37). The van der Waals surface area contributed by atoms with E-state index in [1.54, 1.807) is 16.7 Å². The van der Waals surface area contributed by atoms with Gasteiger partial charge in [-0.05, 0) is 42.9 Å². The number of ether oxygens (including phenoxy) is 4. The van der Waals surface area contributed by atoms with Crippen LogP contribution in [0.4, 0.5) is 4.79 Å². The Morgan fingerprint density at radius 1 is 1.10 bits per heavy atom. The molecule has 270 valence electrons. The topological polar surface area (TPSA) is 226 Å². The summed E-state index contributed by atoms with van der Waals surface area (Å²) in [5.74, 6) is 5.90. The molecule has 2 atom stereocenters. The summed E-state index contributed by atoms with van der Waals surface area (Å²) < 4.78 is 21.7. The summed E-state index contributed by atoms with van der Waals surface area (Å²) in [6.07, 6.45) is -0.202. The number of carbonyl (C=O) groups excluding carboxylic acids is 3. The Bertz CT molecular complexity index is 1630. The Morgan fingerprint density at radius 2 is 1.80 bits per heavy atom. The lowest BCUT2D eigenvalue weighted by atomic mass is 9.98. The first kappa shape index (κ1) is 39.0. The maximum atomic E-state index is 13.0. The van der Waals surface area contributed by atoms with Gasteiger partial charge in [-0.1, -0.05) is 73.5 Å². The fourth-order valence-electron chi connectivity index (χ4n) is 4.59. The predicted octanol–water partition coefficient (Wildman–Crippen LogP) is 4.55. The zero-order chi connectivity index (χ0) is 36.6. The third kappa shape index (κ3) is 11.6. The maximum absolute atomic E-state index is 13.0. The fraction of sp³-hybridized carbons (Fsp3) is 0.406. The molecule has 18 heteroatoms. The smallest absolute Gasteiger partial charge is 0.434 e. The molecular formula is C32H40ClN7O10. The van der Waals surface area contributed by atoms with Gasteiger partial charge in [-0.15, -0.1) is 15.2 Å². The average molecular weight is 718 g/mol. The van der Waals surface area contributed by atoms with Gasteiger partial charge in [0.2, 0.25) is 12.5 Å². The highest BCUT2D eigenvalue weighted by atomic mass is 35.5. The normalized spacial score (nSPS) is 12.4. The van der Waals surface area contributed by atoms with Gasteiger partial charge in [0.15, 0.2) is 16.7 Å². The van der Waals surface area contributed by atoms with Crippen LogP contribution in [0.1, 0.15) is 73.9 Å². The molecule has 3 aromatic rings. The number of rotatable bonds is 20. The van der Waals surface area contributed by atoms with E-state index in [2.05, 4.69) is 14.9 Å². The number of imidazole rings is 1. The van der Waals surface area contributed by atoms with Crippen LogP contribution >= 0.6 is 11.6 Å². The highest BCUT2D eigenvalue weighted by Gasteiger charge is 2.25. The number of aromatic nitrogens is 2. The van der Waals surface area contributed by atoms with Crippen LogP contribution in [0.15, 0.2) is 53.6 Å². The van der Waals surface area contributed by atoms with Crippen molar-refractivity contribution < 1.29 is 43.3 Å². The van der Waals surface area contributed by atoms with Gasteiger partial charge in [0.25, 0.3) is 11.6 Å². The molecule has 0 aliphatic carbocycles. The summed E-state index contributed by atoms with van der Waals surface area (Å²) in [6.45, 7) is 5.23. The van der Waals surface area contributed by atoms with E-state index in [9.17, 15) is 24.5 Å². The Hall–Kier alpha value is -5.42. The SMILES string of the molecule is CCCCc1nc(Cl)c(C(=O)OC(C)OC=O)n1Cc1ccc(-c2ccccc2/C(N)=N/N(N)C(C)OC(=O)OCCCCO[N+](=O)[O-])cc1. The molecule has 4 N–H and O–H groups in total. The number of aryl methyl sites for hydroxylation is 1. The van der Waals surface area contributed by atoms with Crippen molar-refractivity contribution in [1.29, 1.82) is 0 Å². The van der Waals surface area contributed by atoms with E-state index in [0.717, 1.165) is 34.6 Å². The highest BCUT2D eigenvalue weighted by molar-refractivity contribution is 6.32. The van der Waals surface area contributed by atoms with Crippen LogP contribution in [0.25, 0.3) is 11.1 Å². The number of nitrogens with two attached hydrogens (primary N) is 2. The van der Waals surface area contributed by atoms with E-state index >= 15 is 0 Å². The predicted molar refractivity (Wildman–Crippen MR) is 180 cm³/mol. The number of nitrogens with zero attached hydrogens (tertiary/aromatic N) is 5. The molecule has 0 spiro atoms. The number of carbonyl (C=O) groups is 3. The number of hydrogen-bond donors (Lipinski definition) is 2. The molecule has 50 heavy (non-hydrogen) atoms. The summed E-state index contributed by atoms with van der Waals surface area (Å²) in [7, 11) is 0. The van der Waals surface area contributed by atoms with Crippen LogP contribution < -0.4 is 11.6 Å². The molecule has 0 aliphatic heterocycles. The van der Waals surface area contributed by atoms with Crippen molar-refractivity contribution in [1.82, 2.24) is 14.7 Å². The minimum absolute atomic E-state index is 0.0109. The molecule has 0 aliphatic rings. The minimum Gasteiger partial charge on any atom is -0.434 e. The molecule has 1 aromatic heterocycles. The van der Waals surface area contributed by atoms with Crippen LogP contribution in [0, 0.1) is 10.1 Å². The van der Waals surface area contributed by atoms with Crippen LogP contribution in [-0.2, 0) is 41.5 Å². The molecule has 1 heterocycles. The summed E-state index contributed by atoms with van der Waals surface area (Å²) in [6, 6.07) is 14.8. The van der Waals surface area contributed by atoms with Crippen molar-refractivity contribution in [2.75, 3.05) is 13.2 Å². The summed E-state index contributed by atoms with van der Waals surface area (Å²) in [5.41, 5.74) is 9.33. The van der Waals surface area contributed by atoms with Gasteiger partial charge in [-0.2, -0.15) is 5.12 Å². The maximum Gasteiger partial charge on any atom is 0.510 e. The second-order valence-corrected chi connectivity index (χ2v) is 11.1. The number of hydrogen-bond acceptors (Lipinski definition) is 14. The molecule has 2 aromatic carbocycles. The number of unbranched alkanes of at least 4 members (excludes halogenated alkanes) is 2. The number of hydrazine groups is 1. The number of esters is 1.